The van der Waals surface area contributed by atoms with Gasteiger partial charge in [-0.05, 0) is 24.3 Å². The summed E-state index contributed by atoms with van der Waals surface area (Å²) in [4.78, 5) is 26.9. The van der Waals surface area contributed by atoms with Crippen LogP contribution in [0.25, 0.3) is 0 Å². The Morgan fingerprint density at radius 1 is 1.10 bits per heavy atom. The van der Waals surface area contributed by atoms with E-state index < -0.39 is 0 Å². The molecule has 0 aliphatic rings. The van der Waals surface area contributed by atoms with Gasteiger partial charge in [0.25, 0.3) is 5.91 Å². The molecule has 0 atom stereocenters. The molecular formula is C14H14N4O2. The highest BCUT2D eigenvalue weighted by atomic mass is 16.2. The van der Waals surface area contributed by atoms with Crippen molar-refractivity contribution in [2.45, 2.75) is 6.92 Å². The molecule has 4 N–H and O–H groups in total. The van der Waals surface area contributed by atoms with Crippen LogP contribution in [0.2, 0.25) is 0 Å². The first-order valence-electron chi connectivity index (χ1n) is 5.94. The van der Waals surface area contributed by atoms with E-state index >= 15 is 0 Å². The highest BCUT2D eigenvalue weighted by molar-refractivity contribution is 6.04. The van der Waals surface area contributed by atoms with Crippen molar-refractivity contribution in [3.8, 4) is 0 Å². The van der Waals surface area contributed by atoms with Gasteiger partial charge in [-0.1, -0.05) is 6.07 Å². The minimum Gasteiger partial charge on any atom is -0.397 e. The number of hydrogen-bond donors (Lipinski definition) is 3. The number of hydrogen-bond acceptors (Lipinski definition) is 4. The lowest BCUT2D eigenvalue weighted by Crippen LogP contribution is -2.13. The summed E-state index contributed by atoms with van der Waals surface area (Å²) in [7, 11) is 0. The van der Waals surface area contributed by atoms with Gasteiger partial charge in [-0.25, -0.2) is 0 Å². The van der Waals surface area contributed by atoms with Crippen LogP contribution in [0.3, 0.4) is 0 Å². The van der Waals surface area contributed by atoms with Crippen molar-refractivity contribution in [2.75, 3.05) is 16.4 Å². The number of amides is 2. The number of nitrogens with two attached hydrogens (primary N) is 1. The Labute approximate surface area is 116 Å². The van der Waals surface area contributed by atoms with Gasteiger partial charge in [0.1, 0.15) is 0 Å². The number of carbonyl (C=O) groups excluding carboxylic acids is 2. The summed E-state index contributed by atoms with van der Waals surface area (Å²) in [6.07, 6.45) is 2.90. The molecule has 0 bridgehead atoms. The number of aromatic nitrogens is 1. The predicted octanol–water partition coefficient (Wildman–Crippen LogP) is 1.87. The molecule has 0 aliphatic carbocycles. The molecular weight excluding hydrogens is 256 g/mol. The van der Waals surface area contributed by atoms with E-state index in [0.29, 0.717) is 22.6 Å². The fourth-order valence-electron chi connectivity index (χ4n) is 1.66. The van der Waals surface area contributed by atoms with Crippen molar-refractivity contribution < 1.29 is 9.59 Å². The van der Waals surface area contributed by atoms with Crippen molar-refractivity contribution in [2.24, 2.45) is 0 Å². The van der Waals surface area contributed by atoms with Gasteiger partial charge >= 0.3 is 0 Å². The Kier molecular flexibility index (Phi) is 3.95. The van der Waals surface area contributed by atoms with Gasteiger partial charge in [0.15, 0.2) is 0 Å². The quantitative estimate of drug-likeness (QED) is 0.793. The van der Waals surface area contributed by atoms with Crippen LogP contribution in [0.5, 0.6) is 0 Å². The van der Waals surface area contributed by atoms with E-state index in [1.54, 1.807) is 30.3 Å². The average Bonchev–Trinajstić information content (AvgIpc) is 2.38. The Morgan fingerprint density at radius 3 is 2.45 bits per heavy atom. The molecule has 1 aromatic heterocycles. The van der Waals surface area contributed by atoms with Crippen molar-refractivity contribution in [3.63, 3.8) is 0 Å². The number of pyridine rings is 1. The normalized spacial score (nSPS) is 9.85. The van der Waals surface area contributed by atoms with Gasteiger partial charge in [-0.15, -0.1) is 0 Å². The van der Waals surface area contributed by atoms with E-state index in [4.69, 9.17) is 5.73 Å². The molecule has 102 valence electrons. The van der Waals surface area contributed by atoms with Crippen LogP contribution in [0, 0.1) is 0 Å². The molecule has 2 rings (SSSR count). The maximum Gasteiger partial charge on any atom is 0.257 e. The van der Waals surface area contributed by atoms with Crippen molar-refractivity contribution in [1.29, 1.82) is 0 Å². The molecule has 2 amide bonds. The Bertz CT molecular complexity index is 655. The van der Waals surface area contributed by atoms with E-state index in [1.807, 2.05) is 0 Å². The molecule has 0 fully saturated rings. The van der Waals surface area contributed by atoms with Crippen LogP contribution in [-0.2, 0) is 4.79 Å². The van der Waals surface area contributed by atoms with Gasteiger partial charge in [0.05, 0.1) is 11.3 Å². The molecule has 0 unspecified atom stereocenters. The van der Waals surface area contributed by atoms with E-state index in [9.17, 15) is 9.59 Å². The van der Waals surface area contributed by atoms with Gasteiger partial charge in [-0.2, -0.15) is 0 Å². The molecule has 6 heteroatoms. The molecule has 0 spiro atoms. The molecule has 6 nitrogen and oxygen atoms in total. The zero-order valence-corrected chi connectivity index (χ0v) is 10.9. The Morgan fingerprint density at radius 2 is 1.80 bits per heavy atom. The first kappa shape index (κ1) is 13.5. The second kappa shape index (κ2) is 5.83. The highest BCUT2D eigenvalue weighted by Gasteiger charge is 2.07. The van der Waals surface area contributed by atoms with Crippen molar-refractivity contribution in [3.05, 3.63) is 48.3 Å². The summed E-state index contributed by atoms with van der Waals surface area (Å²) in [6.45, 7) is 1.42. The summed E-state index contributed by atoms with van der Waals surface area (Å²) >= 11 is 0. The lowest BCUT2D eigenvalue weighted by molar-refractivity contribution is -0.114. The molecule has 1 aromatic carbocycles. The van der Waals surface area contributed by atoms with Crippen molar-refractivity contribution >= 4 is 28.9 Å². The second-order valence-corrected chi connectivity index (χ2v) is 4.22. The van der Waals surface area contributed by atoms with Gasteiger partial charge in [-0.3, -0.25) is 14.6 Å². The highest BCUT2D eigenvalue weighted by Crippen LogP contribution is 2.16. The number of anilines is 3. The monoisotopic (exact) mass is 270 g/mol. The fraction of sp³-hybridized carbons (Fsp3) is 0.0714. The number of rotatable bonds is 3. The third kappa shape index (κ3) is 3.55. The molecule has 0 saturated heterocycles. The zero-order valence-electron chi connectivity index (χ0n) is 10.9. The average molecular weight is 270 g/mol. The van der Waals surface area contributed by atoms with Crippen LogP contribution in [-0.4, -0.2) is 16.8 Å². The van der Waals surface area contributed by atoms with Crippen molar-refractivity contribution in [1.82, 2.24) is 4.98 Å². The van der Waals surface area contributed by atoms with Gasteiger partial charge < -0.3 is 16.4 Å². The number of carbonyl (C=O) groups is 2. The summed E-state index contributed by atoms with van der Waals surface area (Å²) < 4.78 is 0. The largest absolute Gasteiger partial charge is 0.397 e. The molecule has 1 heterocycles. The summed E-state index contributed by atoms with van der Waals surface area (Å²) in [5, 5.41) is 5.36. The minimum atomic E-state index is -0.315. The molecule has 2 aromatic rings. The van der Waals surface area contributed by atoms with Crippen LogP contribution < -0.4 is 16.4 Å². The number of benzene rings is 1. The molecule has 20 heavy (non-hydrogen) atoms. The standard InChI is InChI=1S/C14H14N4O2/c1-9(19)17-12-3-2-4-13(6-12)18-14(20)10-5-11(15)8-16-7-10/h2-8H,15H2,1H3,(H,17,19)(H,18,20). The number of nitrogens with one attached hydrogen (secondary N) is 2. The molecule has 0 aliphatic heterocycles. The smallest absolute Gasteiger partial charge is 0.257 e. The maximum atomic E-state index is 12.0. The molecule has 0 saturated carbocycles. The van der Waals surface area contributed by atoms with Crippen LogP contribution in [0.4, 0.5) is 17.1 Å². The maximum absolute atomic E-state index is 12.0. The van der Waals surface area contributed by atoms with E-state index in [2.05, 4.69) is 15.6 Å². The van der Waals surface area contributed by atoms with E-state index in [-0.39, 0.29) is 11.8 Å². The van der Waals surface area contributed by atoms with Crippen LogP contribution >= 0.6 is 0 Å². The minimum absolute atomic E-state index is 0.173. The second-order valence-electron chi connectivity index (χ2n) is 4.22. The van der Waals surface area contributed by atoms with Crippen LogP contribution in [0.1, 0.15) is 17.3 Å². The van der Waals surface area contributed by atoms with Crippen LogP contribution in [0.15, 0.2) is 42.7 Å². The zero-order chi connectivity index (χ0) is 14.5. The number of nitrogens with zero attached hydrogens (tertiary/aromatic N) is 1. The third-order valence-corrected chi connectivity index (χ3v) is 2.46. The topological polar surface area (TPSA) is 97.1 Å². The summed E-state index contributed by atoms with van der Waals surface area (Å²) in [5.41, 5.74) is 7.55. The van der Waals surface area contributed by atoms with Gasteiger partial charge in [0.2, 0.25) is 5.91 Å². The molecule has 0 radical (unpaired) electrons. The number of nitrogen functional groups attached to an aromatic ring is 1. The lowest BCUT2D eigenvalue weighted by atomic mass is 10.2. The Hall–Kier alpha value is -2.89. The Balaban J connectivity index is 2.13. The summed E-state index contributed by atoms with van der Waals surface area (Å²) in [5.74, 6) is -0.488. The predicted molar refractivity (Wildman–Crippen MR) is 77.3 cm³/mol. The first-order valence-corrected chi connectivity index (χ1v) is 5.94. The lowest BCUT2D eigenvalue weighted by Gasteiger charge is -2.08. The summed E-state index contributed by atoms with van der Waals surface area (Å²) in [6, 6.07) is 8.40. The first-order chi connectivity index (χ1) is 9.54. The fourth-order valence-corrected chi connectivity index (χ4v) is 1.66. The van der Waals surface area contributed by atoms with E-state index in [0.717, 1.165) is 0 Å². The SMILES string of the molecule is CC(=O)Nc1cccc(NC(=O)c2cncc(N)c2)c1. The van der Waals surface area contributed by atoms with E-state index in [1.165, 1.54) is 19.3 Å². The third-order valence-electron chi connectivity index (χ3n) is 2.46. The van der Waals surface area contributed by atoms with Gasteiger partial charge in [0, 0.05) is 30.7 Å².